The second-order valence-electron chi connectivity index (χ2n) is 7.03. The van der Waals surface area contributed by atoms with Crippen molar-refractivity contribution in [2.24, 2.45) is 0 Å². The van der Waals surface area contributed by atoms with Crippen molar-refractivity contribution in [1.29, 1.82) is 0 Å². The SMILES string of the molecule is COc1ccc(C(=O)N(C)Cc2ccc(C)cc2)cc1S(=O)(=O)N1CCOCC1. The maximum atomic E-state index is 13.1. The maximum Gasteiger partial charge on any atom is 0.253 e. The number of hydrogen-bond acceptors (Lipinski definition) is 5. The van der Waals surface area contributed by atoms with Crippen LogP contribution in [0.15, 0.2) is 47.4 Å². The molecule has 0 radical (unpaired) electrons. The summed E-state index contributed by atoms with van der Waals surface area (Å²) in [6, 6.07) is 12.5. The molecule has 1 fully saturated rings. The normalized spacial score (nSPS) is 15.1. The molecule has 1 aliphatic rings. The zero-order valence-corrected chi connectivity index (χ0v) is 17.7. The number of amides is 1. The lowest BCUT2D eigenvalue weighted by Crippen LogP contribution is -2.40. The first-order valence-electron chi connectivity index (χ1n) is 9.40. The zero-order chi connectivity index (χ0) is 21.0. The van der Waals surface area contributed by atoms with Gasteiger partial charge in [0.2, 0.25) is 10.0 Å². The van der Waals surface area contributed by atoms with E-state index in [9.17, 15) is 13.2 Å². The van der Waals surface area contributed by atoms with Crippen LogP contribution in [0.25, 0.3) is 0 Å². The summed E-state index contributed by atoms with van der Waals surface area (Å²) < 4.78 is 38.1. The van der Waals surface area contributed by atoms with Gasteiger partial charge in [-0.2, -0.15) is 4.31 Å². The Morgan fingerprint density at radius 3 is 2.41 bits per heavy atom. The molecule has 1 amide bonds. The van der Waals surface area contributed by atoms with Gasteiger partial charge in [-0.3, -0.25) is 4.79 Å². The van der Waals surface area contributed by atoms with E-state index in [0.29, 0.717) is 25.3 Å². The van der Waals surface area contributed by atoms with Crippen LogP contribution >= 0.6 is 0 Å². The van der Waals surface area contributed by atoms with Gasteiger partial charge >= 0.3 is 0 Å². The van der Waals surface area contributed by atoms with Gasteiger partial charge in [0.05, 0.1) is 20.3 Å². The number of sulfonamides is 1. The average Bonchev–Trinajstić information content (AvgIpc) is 2.75. The Hall–Kier alpha value is -2.42. The van der Waals surface area contributed by atoms with Gasteiger partial charge in [-0.05, 0) is 30.7 Å². The number of methoxy groups -OCH3 is 1. The lowest BCUT2D eigenvalue weighted by atomic mass is 10.1. The van der Waals surface area contributed by atoms with Crippen molar-refractivity contribution in [1.82, 2.24) is 9.21 Å². The molecule has 0 spiro atoms. The summed E-state index contributed by atoms with van der Waals surface area (Å²) in [6.07, 6.45) is 0. The molecule has 7 nitrogen and oxygen atoms in total. The Morgan fingerprint density at radius 2 is 1.79 bits per heavy atom. The van der Waals surface area contributed by atoms with Gasteiger partial charge in [0, 0.05) is 32.2 Å². The number of benzene rings is 2. The third-order valence-corrected chi connectivity index (χ3v) is 6.81. The highest BCUT2D eigenvalue weighted by atomic mass is 32.2. The highest BCUT2D eigenvalue weighted by Gasteiger charge is 2.30. The Balaban J connectivity index is 1.87. The fourth-order valence-electron chi connectivity index (χ4n) is 3.20. The highest BCUT2D eigenvalue weighted by Crippen LogP contribution is 2.29. The summed E-state index contributed by atoms with van der Waals surface area (Å²) in [6.45, 7) is 3.68. The van der Waals surface area contributed by atoms with Crippen LogP contribution in [0, 0.1) is 6.92 Å². The number of hydrogen-bond donors (Lipinski definition) is 0. The molecule has 0 N–H and O–H groups in total. The minimum Gasteiger partial charge on any atom is -0.495 e. The first-order chi connectivity index (χ1) is 13.8. The van der Waals surface area contributed by atoms with Crippen LogP contribution in [0.2, 0.25) is 0 Å². The summed E-state index contributed by atoms with van der Waals surface area (Å²) in [7, 11) is -0.680. The summed E-state index contributed by atoms with van der Waals surface area (Å²) >= 11 is 0. The monoisotopic (exact) mass is 418 g/mol. The summed E-state index contributed by atoms with van der Waals surface area (Å²) in [5.74, 6) is -0.0408. The second kappa shape index (κ2) is 8.94. The Kier molecular flexibility index (Phi) is 6.56. The molecule has 0 atom stereocenters. The fourth-order valence-corrected chi connectivity index (χ4v) is 4.79. The molecule has 1 aliphatic heterocycles. The zero-order valence-electron chi connectivity index (χ0n) is 16.9. The quantitative estimate of drug-likeness (QED) is 0.720. The number of nitrogens with zero attached hydrogens (tertiary/aromatic N) is 2. The Labute approximate surface area is 171 Å². The summed E-state index contributed by atoms with van der Waals surface area (Å²) in [5, 5.41) is 0. The van der Waals surface area contributed by atoms with Gasteiger partial charge in [-0.15, -0.1) is 0 Å². The highest BCUT2D eigenvalue weighted by molar-refractivity contribution is 7.89. The maximum absolute atomic E-state index is 13.1. The van der Waals surface area contributed by atoms with Crippen molar-refractivity contribution in [3.63, 3.8) is 0 Å². The van der Waals surface area contributed by atoms with E-state index in [1.54, 1.807) is 18.0 Å². The topological polar surface area (TPSA) is 76.2 Å². The number of carbonyl (C=O) groups is 1. The minimum atomic E-state index is -3.79. The van der Waals surface area contributed by atoms with E-state index < -0.39 is 10.0 Å². The molecule has 0 unspecified atom stereocenters. The van der Waals surface area contributed by atoms with Crippen molar-refractivity contribution in [2.75, 3.05) is 40.5 Å². The molecule has 3 rings (SSSR count). The lowest BCUT2D eigenvalue weighted by molar-refractivity contribution is 0.0729. The van der Waals surface area contributed by atoms with Crippen molar-refractivity contribution in [2.45, 2.75) is 18.4 Å². The molecule has 1 saturated heterocycles. The van der Waals surface area contributed by atoms with Crippen LogP contribution < -0.4 is 4.74 Å². The van der Waals surface area contributed by atoms with Gasteiger partial charge in [-0.25, -0.2) is 8.42 Å². The molecule has 29 heavy (non-hydrogen) atoms. The van der Waals surface area contributed by atoms with Gasteiger partial charge in [0.25, 0.3) is 5.91 Å². The molecule has 156 valence electrons. The third kappa shape index (κ3) is 4.77. The van der Waals surface area contributed by atoms with E-state index in [-0.39, 0.29) is 29.6 Å². The predicted octanol–water partition coefficient (Wildman–Crippen LogP) is 2.30. The molecule has 0 aromatic heterocycles. The number of carbonyl (C=O) groups excluding carboxylic acids is 1. The van der Waals surface area contributed by atoms with Crippen LogP contribution in [-0.4, -0.2) is 64.0 Å². The molecule has 2 aromatic rings. The predicted molar refractivity (Wildman–Crippen MR) is 110 cm³/mol. The lowest BCUT2D eigenvalue weighted by Gasteiger charge is -2.27. The Bertz CT molecular complexity index is 967. The number of morpholine rings is 1. The van der Waals surface area contributed by atoms with E-state index in [0.717, 1.165) is 11.1 Å². The molecule has 1 heterocycles. The van der Waals surface area contributed by atoms with Gasteiger partial charge < -0.3 is 14.4 Å². The molecule has 2 aromatic carbocycles. The van der Waals surface area contributed by atoms with E-state index in [2.05, 4.69) is 0 Å². The summed E-state index contributed by atoms with van der Waals surface area (Å²) in [4.78, 5) is 14.5. The molecular formula is C21H26N2O5S. The molecular weight excluding hydrogens is 392 g/mol. The van der Waals surface area contributed by atoms with E-state index in [1.165, 1.54) is 23.5 Å². The van der Waals surface area contributed by atoms with Gasteiger partial charge in [-0.1, -0.05) is 29.8 Å². The van der Waals surface area contributed by atoms with Crippen molar-refractivity contribution in [3.05, 3.63) is 59.2 Å². The number of rotatable bonds is 6. The van der Waals surface area contributed by atoms with Crippen LogP contribution in [0.4, 0.5) is 0 Å². The molecule has 0 aliphatic carbocycles. The smallest absolute Gasteiger partial charge is 0.253 e. The Morgan fingerprint density at radius 1 is 1.14 bits per heavy atom. The third-order valence-electron chi connectivity index (χ3n) is 4.89. The van der Waals surface area contributed by atoms with Crippen LogP contribution in [0.1, 0.15) is 21.5 Å². The van der Waals surface area contributed by atoms with Crippen molar-refractivity contribution >= 4 is 15.9 Å². The molecule has 0 saturated carbocycles. The van der Waals surface area contributed by atoms with E-state index >= 15 is 0 Å². The summed E-state index contributed by atoms with van der Waals surface area (Å²) in [5.41, 5.74) is 2.45. The van der Waals surface area contributed by atoms with Crippen LogP contribution in [-0.2, 0) is 21.3 Å². The number of aryl methyl sites for hydroxylation is 1. The fraction of sp³-hybridized carbons (Fsp3) is 0.381. The van der Waals surface area contributed by atoms with Gasteiger partial charge in [0.15, 0.2) is 0 Å². The van der Waals surface area contributed by atoms with Crippen molar-refractivity contribution < 1.29 is 22.7 Å². The van der Waals surface area contributed by atoms with Crippen LogP contribution in [0.5, 0.6) is 5.75 Å². The van der Waals surface area contributed by atoms with Crippen LogP contribution in [0.3, 0.4) is 0 Å². The van der Waals surface area contributed by atoms with E-state index in [1.807, 2.05) is 31.2 Å². The first kappa shape index (κ1) is 21.3. The largest absolute Gasteiger partial charge is 0.495 e. The molecule has 8 heteroatoms. The first-order valence-corrected chi connectivity index (χ1v) is 10.8. The number of ether oxygens (including phenoxy) is 2. The van der Waals surface area contributed by atoms with Gasteiger partial charge in [0.1, 0.15) is 10.6 Å². The minimum absolute atomic E-state index is 0.00325. The van der Waals surface area contributed by atoms with E-state index in [4.69, 9.17) is 9.47 Å². The van der Waals surface area contributed by atoms with Crippen molar-refractivity contribution in [3.8, 4) is 5.75 Å². The average molecular weight is 419 g/mol. The molecule has 0 bridgehead atoms. The standard InChI is InChI=1S/C21H26N2O5S/c1-16-4-6-17(7-5-16)15-22(2)21(24)18-8-9-19(27-3)20(14-18)29(25,26)23-10-12-28-13-11-23/h4-9,14H,10-13,15H2,1-3H3. The second-order valence-corrected chi connectivity index (χ2v) is 8.94.